The minimum absolute atomic E-state index is 0.131. The first-order valence-electron chi connectivity index (χ1n) is 6.22. The number of hydrogen-bond donors (Lipinski definition) is 2. The Morgan fingerprint density at radius 3 is 2.56 bits per heavy atom. The maximum Gasteiger partial charge on any atom is 0.101 e. The normalized spacial score (nSPS) is 24.2. The SMILES string of the molecule is [O-]c1c(Cl)cc(Cl)cc1C[NH2+]C1CCC(O)CC1. The van der Waals surface area contributed by atoms with Crippen molar-refractivity contribution in [3.05, 3.63) is 27.7 Å². The Morgan fingerprint density at radius 2 is 1.89 bits per heavy atom. The highest BCUT2D eigenvalue weighted by molar-refractivity contribution is 6.35. The quantitative estimate of drug-likeness (QED) is 0.885. The zero-order valence-electron chi connectivity index (χ0n) is 10.0. The zero-order chi connectivity index (χ0) is 13.1. The molecule has 0 aromatic heterocycles. The Bertz CT molecular complexity index is 418. The van der Waals surface area contributed by atoms with E-state index in [1.807, 2.05) is 0 Å². The Hall–Kier alpha value is -0.480. The number of hydrogen-bond acceptors (Lipinski definition) is 2. The average Bonchev–Trinajstić information content (AvgIpc) is 2.34. The van der Waals surface area contributed by atoms with Crippen LogP contribution in [0.25, 0.3) is 0 Å². The highest BCUT2D eigenvalue weighted by Gasteiger charge is 2.21. The molecule has 1 saturated carbocycles. The molecule has 100 valence electrons. The van der Waals surface area contributed by atoms with Gasteiger partial charge >= 0.3 is 0 Å². The van der Waals surface area contributed by atoms with Gasteiger partial charge in [-0.25, -0.2) is 0 Å². The standard InChI is InChI=1S/C13H17Cl2NO2/c14-9-5-8(13(18)12(15)6-9)7-16-10-1-3-11(17)4-2-10/h5-6,10-11,16-18H,1-4,7H2. The van der Waals surface area contributed by atoms with Gasteiger partial charge in [-0.1, -0.05) is 29.0 Å². The highest BCUT2D eigenvalue weighted by Crippen LogP contribution is 2.28. The molecule has 0 radical (unpaired) electrons. The highest BCUT2D eigenvalue weighted by atomic mass is 35.5. The van der Waals surface area contributed by atoms with Crippen molar-refractivity contribution in [3.63, 3.8) is 0 Å². The molecule has 0 aliphatic heterocycles. The lowest BCUT2D eigenvalue weighted by Crippen LogP contribution is -2.89. The van der Waals surface area contributed by atoms with Gasteiger partial charge in [-0.15, -0.1) is 0 Å². The molecule has 0 unspecified atom stereocenters. The van der Waals surface area contributed by atoms with E-state index in [-0.39, 0.29) is 16.9 Å². The summed E-state index contributed by atoms with van der Waals surface area (Å²) in [5, 5.41) is 24.1. The molecule has 0 atom stereocenters. The summed E-state index contributed by atoms with van der Waals surface area (Å²) >= 11 is 11.7. The van der Waals surface area contributed by atoms with E-state index in [1.54, 1.807) is 6.07 Å². The molecular formula is C13H17Cl2NO2. The van der Waals surface area contributed by atoms with Crippen molar-refractivity contribution in [2.24, 2.45) is 0 Å². The summed E-state index contributed by atoms with van der Waals surface area (Å²) in [7, 11) is 0. The van der Waals surface area contributed by atoms with Crippen LogP contribution in [-0.4, -0.2) is 17.3 Å². The molecule has 1 aromatic rings. The fraction of sp³-hybridized carbons (Fsp3) is 0.538. The van der Waals surface area contributed by atoms with Crippen LogP contribution in [0.4, 0.5) is 0 Å². The van der Waals surface area contributed by atoms with Crippen LogP contribution in [0.3, 0.4) is 0 Å². The second-order valence-corrected chi connectivity index (χ2v) is 5.73. The molecule has 3 N–H and O–H groups in total. The van der Waals surface area contributed by atoms with Gasteiger partial charge in [-0.2, -0.15) is 0 Å². The van der Waals surface area contributed by atoms with Gasteiger partial charge in [0.15, 0.2) is 0 Å². The molecule has 0 saturated heterocycles. The minimum atomic E-state index is -0.148. The van der Waals surface area contributed by atoms with E-state index >= 15 is 0 Å². The Kier molecular flexibility index (Phi) is 4.73. The van der Waals surface area contributed by atoms with Crippen molar-refractivity contribution in [2.45, 2.75) is 44.4 Å². The van der Waals surface area contributed by atoms with Crippen LogP contribution in [0.1, 0.15) is 31.2 Å². The van der Waals surface area contributed by atoms with Crippen molar-refractivity contribution < 1.29 is 15.5 Å². The molecule has 18 heavy (non-hydrogen) atoms. The second kappa shape index (κ2) is 6.11. The van der Waals surface area contributed by atoms with Gasteiger partial charge in [0.05, 0.1) is 12.1 Å². The number of rotatable bonds is 3. The van der Waals surface area contributed by atoms with Crippen LogP contribution in [0.15, 0.2) is 12.1 Å². The topological polar surface area (TPSA) is 59.9 Å². The lowest BCUT2D eigenvalue weighted by Gasteiger charge is -2.24. The molecule has 5 heteroatoms. The summed E-state index contributed by atoms with van der Waals surface area (Å²) in [6.07, 6.45) is 3.53. The lowest BCUT2D eigenvalue weighted by atomic mass is 9.93. The third kappa shape index (κ3) is 3.51. The van der Waals surface area contributed by atoms with Gasteiger partial charge in [0.25, 0.3) is 0 Å². The summed E-state index contributed by atoms with van der Waals surface area (Å²) in [5.74, 6) is -0.131. The first kappa shape index (κ1) is 13.9. The van der Waals surface area contributed by atoms with E-state index in [1.165, 1.54) is 6.07 Å². The second-order valence-electron chi connectivity index (χ2n) is 4.88. The monoisotopic (exact) mass is 289 g/mol. The van der Waals surface area contributed by atoms with Crippen LogP contribution in [0.2, 0.25) is 10.0 Å². The smallest absolute Gasteiger partial charge is 0.101 e. The largest absolute Gasteiger partial charge is 0.871 e. The molecule has 1 fully saturated rings. The number of quaternary nitrogens is 1. The van der Waals surface area contributed by atoms with E-state index in [0.29, 0.717) is 23.2 Å². The fourth-order valence-corrected chi connectivity index (χ4v) is 2.93. The Labute approximate surface area is 117 Å². The third-order valence-electron chi connectivity index (χ3n) is 3.50. The summed E-state index contributed by atoms with van der Waals surface area (Å²) < 4.78 is 0. The van der Waals surface area contributed by atoms with Crippen molar-refractivity contribution in [1.29, 1.82) is 0 Å². The first-order valence-corrected chi connectivity index (χ1v) is 6.98. The molecular weight excluding hydrogens is 273 g/mol. The van der Waals surface area contributed by atoms with E-state index in [4.69, 9.17) is 23.2 Å². The minimum Gasteiger partial charge on any atom is -0.871 e. The van der Waals surface area contributed by atoms with Crippen molar-refractivity contribution in [1.82, 2.24) is 0 Å². The maximum absolute atomic E-state index is 11.8. The molecule has 0 spiro atoms. The van der Waals surface area contributed by atoms with Crippen molar-refractivity contribution in [2.75, 3.05) is 0 Å². The maximum atomic E-state index is 11.8. The average molecular weight is 290 g/mol. The number of benzene rings is 1. The number of nitrogens with two attached hydrogens (primary N) is 1. The van der Waals surface area contributed by atoms with Gasteiger partial charge in [0.1, 0.15) is 6.54 Å². The van der Waals surface area contributed by atoms with Gasteiger partial charge in [0, 0.05) is 28.5 Å². The van der Waals surface area contributed by atoms with Crippen LogP contribution in [-0.2, 0) is 6.54 Å². The molecule has 0 heterocycles. The van der Waals surface area contributed by atoms with E-state index in [2.05, 4.69) is 5.32 Å². The van der Waals surface area contributed by atoms with Crippen molar-refractivity contribution in [3.8, 4) is 5.75 Å². The van der Waals surface area contributed by atoms with Gasteiger partial charge in [0.2, 0.25) is 0 Å². The first-order chi connectivity index (χ1) is 8.56. The van der Waals surface area contributed by atoms with E-state index in [9.17, 15) is 10.2 Å². The van der Waals surface area contributed by atoms with Gasteiger partial charge in [-0.3, -0.25) is 0 Å². The predicted molar refractivity (Wildman–Crippen MR) is 69.8 cm³/mol. The molecule has 2 rings (SSSR count). The Balaban J connectivity index is 1.94. The summed E-state index contributed by atoms with van der Waals surface area (Å²) in [4.78, 5) is 0. The number of halogens is 2. The van der Waals surface area contributed by atoms with Crippen LogP contribution < -0.4 is 10.4 Å². The van der Waals surface area contributed by atoms with Crippen LogP contribution in [0, 0.1) is 0 Å². The number of aliphatic hydroxyl groups is 1. The Morgan fingerprint density at radius 1 is 1.22 bits per heavy atom. The molecule has 3 nitrogen and oxygen atoms in total. The molecule has 1 aromatic carbocycles. The van der Waals surface area contributed by atoms with Crippen molar-refractivity contribution >= 4 is 23.2 Å². The molecule has 0 bridgehead atoms. The molecule has 0 amide bonds. The lowest BCUT2D eigenvalue weighted by molar-refractivity contribution is -0.707. The zero-order valence-corrected chi connectivity index (χ0v) is 11.5. The number of aliphatic hydroxyl groups excluding tert-OH is 1. The molecule has 1 aliphatic rings. The summed E-state index contributed by atoms with van der Waals surface area (Å²) in [6, 6.07) is 3.64. The van der Waals surface area contributed by atoms with E-state index < -0.39 is 0 Å². The fourth-order valence-electron chi connectivity index (χ4n) is 2.40. The third-order valence-corrected chi connectivity index (χ3v) is 4.00. The van der Waals surface area contributed by atoms with Gasteiger partial charge in [-0.05, 0) is 25.0 Å². The van der Waals surface area contributed by atoms with Crippen LogP contribution in [0.5, 0.6) is 5.75 Å². The summed E-state index contributed by atoms with van der Waals surface area (Å²) in [5.41, 5.74) is 0.652. The predicted octanol–water partition coefficient (Wildman–Crippen LogP) is 1.43. The summed E-state index contributed by atoms with van der Waals surface area (Å²) in [6.45, 7) is 0.597. The van der Waals surface area contributed by atoms with Gasteiger partial charge < -0.3 is 15.5 Å². The van der Waals surface area contributed by atoms with Crippen LogP contribution >= 0.6 is 23.2 Å². The molecule has 1 aliphatic carbocycles. The van der Waals surface area contributed by atoms with E-state index in [0.717, 1.165) is 25.7 Å².